The van der Waals surface area contributed by atoms with Gasteiger partial charge in [0.15, 0.2) is 0 Å². The van der Waals surface area contributed by atoms with Crippen LogP contribution in [0.4, 0.5) is 0 Å². The number of primary amides is 1. The zero-order valence-electron chi connectivity index (χ0n) is 6.99. The first-order valence-corrected chi connectivity index (χ1v) is 3.87. The molecular formula is C7H15ClN2O2. The molecule has 4 nitrogen and oxygen atoms in total. The Hall–Kier alpha value is -0.320. The SMILES string of the molecule is Cl.NC(=O)CCN1CCOCC1. The van der Waals surface area contributed by atoms with Crippen LogP contribution in [-0.4, -0.2) is 43.7 Å². The molecule has 1 rings (SSSR count). The van der Waals surface area contributed by atoms with E-state index in [1.807, 2.05) is 0 Å². The summed E-state index contributed by atoms with van der Waals surface area (Å²) in [6.45, 7) is 4.18. The maximum absolute atomic E-state index is 10.4. The normalized spacial score (nSPS) is 18.3. The fraction of sp³-hybridized carbons (Fsp3) is 0.857. The average Bonchev–Trinajstić information content (AvgIpc) is 2.03. The summed E-state index contributed by atoms with van der Waals surface area (Å²) in [5.74, 6) is -0.225. The third-order valence-electron chi connectivity index (χ3n) is 1.78. The van der Waals surface area contributed by atoms with Crippen molar-refractivity contribution >= 4 is 18.3 Å². The zero-order chi connectivity index (χ0) is 8.10. The molecule has 0 aliphatic carbocycles. The minimum Gasteiger partial charge on any atom is -0.379 e. The zero-order valence-corrected chi connectivity index (χ0v) is 7.81. The Morgan fingerprint density at radius 2 is 2.00 bits per heavy atom. The van der Waals surface area contributed by atoms with Crippen molar-refractivity contribution in [2.45, 2.75) is 6.42 Å². The molecule has 1 heterocycles. The van der Waals surface area contributed by atoms with Crippen molar-refractivity contribution in [2.24, 2.45) is 5.73 Å². The molecule has 0 aromatic heterocycles. The van der Waals surface area contributed by atoms with Crippen molar-refractivity contribution in [1.82, 2.24) is 4.90 Å². The van der Waals surface area contributed by atoms with E-state index < -0.39 is 0 Å². The molecule has 1 amide bonds. The minimum absolute atomic E-state index is 0. The molecule has 0 aromatic rings. The van der Waals surface area contributed by atoms with E-state index in [1.54, 1.807) is 0 Å². The van der Waals surface area contributed by atoms with Gasteiger partial charge in [0.1, 0.15) is 0 Å². The summed E-state index contributed by atoms with van der Waals surface area (Å²) in [5, 5.41) is 0. The van der Waals surface area contributed by atoms with E-state index in [2.05, 4.69) is 4.90 Å². The standard InChI is InChI=1S/C7H14N2O2.ClH/c8-7(10)1-2-9-3-5-11-6-4-9;/h1-6H2,(H2,8,10);1H. The molecule has 1 aliphatic heterocycles. The van der Waals surface area contributed by atoms with Crippen LogP contribution in [0.5, 0.6) is 0 Å². The summed E-state index contributed by atoms with van der Waals surface area (Å²) in [6.07, 6.45) is 0.458. The molecule has 1 fully saturated rings. The monoisotopic (exact) mass is 194 g/mol. The summed E-state index contributed by atoms with van der Waals surface area (Å²) in [6, 6.07) is 0. The molecule has 0 spiro atoms. The molecule has 0 atom stereocenters. The van der Waals surface area contributed by atoms with E-state index in [4.69, 9.17) is 10.5 Å². The van der Waals surface area contributed by atoms with E-state index in [0.29, 0.717) is 6.42 Å². The first kappa shape index (κ1) is 11.7. The first-order valence-electron chi connectivity index (χ1n) is 3.87. The van der Waals surface area contributed by atoms with Gasteiger partial charge in [-0.2, -0.15) is 0 Å². The number of ether oxygens (including phenoxy) is 1. The van der Waals surface area contributed by atoms with Crippen molar-refractivity contribution in [3.63, 3.8) is 0 Å². The summed E-state index contributed by atoms with van der Waals surface area (Å²) >= 11 is 0. The maximum atomic E-state index is 10.4. The molecule has 0 unspecified atom stereocenters. The molecule has 0 bridgehead atoms. The Morgan fingerprint density at radius 1 is 1.42 bits per heavy atom. The highest BCUT2D eigenvalue weighted by atomic mass is 35.5. The summed E-state index contributed by atoms with van der Waals surface area (Å²) in [4.78, 5) is 12.6. The highest BCUT2D eigenvalue weighted by molar-refractivity contribution is 5.85. The number of morpholine rings is 1. The van der Waals surface area contributed by atoms with E-state index >= 15 is 0 Å². The number of halogens is 1. The average molecular weight is 195 g/mol. The van der Waals surface area contributed by atoms with Crippen LogP contribution in [0, 0.1) is 0 Å². The summed E-state index contributed by atoms with van der Waals surface area (Å²) in [5.41, 5.74) is 5.01. The Kier molecular flexibility index (Phi) is 6.06. The highest BCUT2D eigenvalue weighted by Gasteiger charge is 2.09. The second-order valence-corrected chi connectivity index (χ2v) is 2.67. The largest absolute Gasteiger partial charge is 0.379 e. The third-order valence-corrected chi connectivity index (χ3v) is 1.78. The van der Waals surface area contributed by atoms with Gasteiger partial charge in [-0.1, -0.05) is 0 Å². The third kappa shape index (κ3) is 4.54. The number of rotatable bonds is 3. The number of hydrogen-bond acceptors (Lipinski definition) is 3. The molecule has 0 saturated carbocycles. The lowest BCUT2D eigenvalue weighted by Crippen LogP contribution is -2.38. The lowest BCUT2D eigenvalue weighted by molar-refractivity contribution is -0.118. The van der Waals surface area contributed by atoms with Crippen molar-refractivity contribution < 1.29 is 9.53 Å². The van der Waals surface area contributed by atoms with E-state index in [-0.39, 0.29) is 18.3 Å². The van der Waals surface area contributed by atoms with Crippen molar-refractivity contribution in [1.29, 1.82) is 0 Å². The van der Waals surface area contributed by atoms with Gasteiger partial charge >= 0.3 is 0 Å². The quantitative estimate of drug-likeness (QED) is 0.666. The second kappa shape index (κ2) is 6.22. The Balaban J connectivity index is 0.00000121. The maximum Gasteiger partial charge on any atom is 0.218 e. The van der Waals surface area contributed by atoms with Crippen LogP contribution in [0.2, 0.25) is 0 Å². The van der Waals surface area contributed by atoms with Crippen LogP contribution in [0.25, 0.3) is 0 Å². The Labute approximate surface area is 78.5 Å². The number of nitrogens with two attached hydrogens (primary N) is 1. The topological polar surface area (TPSA) is 55.6 Å². The van der Waals surface area contributed by atoms with E-state index in [9.17, 15) is 4.79 Å². The van der Waals surface area contributed by atoms with Gasteiger partial charge in [0, 0.05) is 26.1 Å². The van der Waals surface area contributed by atoms with E-state index in [1.165, 1.54) is 0 Å². The number of carbonyl (C=O) groups excluding carboxylic acids is 1. The highest BCUT2D eigenvalue weighted by Crippen LogP contribution is 1.96. The van der Waals surface area contributed by atoms with E-state index in [0.717, 1.165) is 32.8 Å². The van der Waals surface area contributed by atoms with Crippen LogP contribution < -0.4 is 5.73 Å². The molecule has 0 radical (unpaired) electrons. The van der Waals surface area contributed by atoms with Crippen LogP contribution in [-0.2, 0) is 9.53 Å². The minimum atomic E-state index is -0.225. The molecular weight excluding hydrogens is 180 g/mol. The Bertz CT molecular complexity index is 137. The second-order valence-electron chi connectivity index (χ2n) is 2.67. The van der Waals surface area contributed by atoms with Crippen molar-refractivity contribution in [3.05, 3.63) is 0 Å². The first-order chi connectivity index (χ1) is 5.29. The van der Waals surface area contributed by atoms with Gasteiger partial charge in [0.05, 0.1) is 13.2 Å². The van der Waals surface area contributed by atoms with Crippen molar-refractivity contribution in [2.75, 3.05) is 32.8 Å². The van der Waals surface area contributed by atoms with Crippen molar-refractivity contribution in [3.8, 4) is 0 Å². The molecule has 1 saturated heterocycles. The molecule has 1 aliphatic rings. The van der Waals surface area contributed by atoms with Crippen LogP contribution in [0.3, 0.4) is 0 Å². The fourth-order valence-corrected chi connectivity index (χ4v) is 1.09. The van der Waals surface area contributed by atoms with Gasteiger partial charge in [-0.25, -0.2) is 0 Å². The van der Waals surface area contributed by atoms with Gasteiger partial charge in [0.25, 0.3) is 0 Å². The molecule has 5 heteroatoms. The smallest absolute Gasteiger partial charge is 0.218 e. The number of nitrogens with zero attached hydrogens (tertiary/aromatic N) is 1. The summed E-state index contributed by atoms with van der Waals surface area (Å²) < 4.78 is 5.15. The van der Waals surface area contributed by atoms with Gasteiger partial charge in [-0.05, 0) is 0 Å². The fourth-order valence-electron chi connectivity index (χ4n) is 1.09. The van der Waals surface area contributed by atoms with Gasteiger partial charge in [0.2, 0.25) is 5.91 Å². The molecule has 72 valence electrons. The van der Waals surface area contributed by atoms with Gasteiger partial charge in [-0.3, -0.25) is 9.69 Å². The summed E-state index contributed by atoms with van der Waals surface area (Å²) in [7, 11) is 0. The van der Waals surface area contributed by atoms with Gasteiger partial charge in [-0.15, -0.1) is 12.4 Å². The number of amides is 1. The van der Waals surface area contributed by atoms with Gasteiger partial charge < -0.3 is 10.5 Å². The molecule has 0 aromatic carbocycles. The molecule has 12 heavy (non-hydrogen) atoms. The lowest BCUT2D eigenvalue weighted by Gasteiger charge is -2.25. The van der Waals surface area contributed by atoms with Crippen LogP contribution >= 0.6 is 12.4 Å². The molecule has 2 N–H and O–H groups in total. The number of carbonyl (C=O) groups is 1. The van der Waals surface area contributed by atoms with Crippen LogP contribution in [0.1, 0.15) is 6.42 Å². The predicted molar refractivity (Wildman–Crippen MR) is 48.3 cm³/mol. The van der Waals surface area contributed by atoms with Crippen LogP contribution in [0.15, 0.2) is 0 Å². The predicted octanol–water partition coefficient (Wildman–Crippen LogP) is -0.384. The Morgan fingerprint density at radius 3 is 2.50 bits per heavy atom. The number of hydrogen-bond donors (Lipinski definition) is 1. The lowest BCUT2D eigenvalue weighted by atomic mass is 10.3.